The second kappa shape index (κ2) is 9.87. The van der Waals surface area contributed by atoms with Crippen molar-refractivity contribution in [2.45, 2.75) is 45.4 Å². The smallest absolute Gasteiger partial charge is 0.287 e. The summed E-state index contributed by atoms with van der Waals surface area (Å²) in [5.41, 5.74) is 3.48. The molecule has 1 aromatic heterocycles. The topological polar surface area (TPSA) is 109 Å². The number of benzene rings is 1. The average Bonchev–Trinajstić information content (AvgIpc) is 3.30. The van der Waals surface area contributed by atoms with Gasteiger partial charge in [0.05, 0.1) is 11.2 Å². The van der Waals surface area contributed by atoms with Gasteiger partial charge in [0.15, 0.2) is 5.76 Å². The van der Waals surface area contributed by atoms with E-state index in [1.807, 2.05) is 33.8 Å². The van der Waals surface area contributed by atoms with Gasteiger partial charge >= 0.3 is 0 Å². The van der Waals surface area contributed by atoms with E-state index >= 15 is 0 Å². The van der Waals surface area contributed by atoms with Crippen LogP contribution in [0.1, 0.15) is 45.7 Å². The summed E-state index contributed by atoms with van der Waals surface area (Å²) >= 11 is 0. The molecule has 0 spiro atoms. The lowest BCUT2D eigenvalue weighted by Crippen LogP contribution is -2.44. The van der Waals surface area contributed by atoms with E-state index in [4.69, 9.17) is 4.42 Å². The molecule has 174 valence electrons. The highest BCUT2D eigenvalue weighted by atomic mass is 32.2. The van der Waals surface area contributed by atoms with Crippen molar-refractivity contribution in [1.29, 1.82) is 0 Å². The van der Waals surface area contributed by atoms with E-state index < -0.39 is 10.0 Å². The maximum Gasteiger partial charge on any atom is 0.287 e. The molecular formula is C23H31N3O5S. The number of furan rings is 1. The van der Waals surface area contributed by atoms with Gasteiger partial charge in [-0.1, -0.05) is 6.07 Å². The highest BCUT2D eigenvalue weighted by molar-refractivity contribution is 7.89. The summed E-state index contributed by atoms with van der Waals surface area (Å²) in [6.07, 6.45) is 2.35. The lowest BCUT2D eigenvalue weighted by Gasteiger charge is -2.31. The normalized spacial score (nSPS) is 15.5. The molecule has 1 aliphatic rings. The Morgan fingerprint density at radius 2 is 1.62 bits per heavy atom. The molecule has 0 saturated carbocycles. The van der Waals surface area contributed by atoms with Crippen LogP contribution in [0.4, 0.5) is 0 Å². The second-order valence-electron chi connectivity index (χ2n) is 8.29. The Labute approximate surface area is 189 Å². The van der Waals surface area contributed by atoms with Crippen molar-refractivity contribution in [3.63, 3.8) is 0 Å². The first kappa shape index (κ1) is 24.0. The molecule has 0 radical (unpaired) electrons. The predicted molar refractivity (Wildman–Crippen MR) is 121 cm³/mol. The van der Waals surface area contributed by atoms with Gasteiger partial charge in [0.25, 0.3) is 5.91 Å². The fourth-order valence-corrected chi connectivity index (χ4v) is 6.10. The molecule has 0 aliphatic carbocycles. The number of amides is 2. The van der Waals surface area contributed by atoms with Gasteiger partial charge in [0.2, 0.25) is 15.9 Å². The number of piperidine rings is 1. The number of sulfonamides is 1. The summed E-state index contributed by atoms with van der Waals surface area (Å²) in [4.78, 5) is 24.7. The molecule has 0 atom stereocenters. The largest absolute Gasteiger partial charge is 0.459 e. The van der Waals surface area contributed by atoms with Crippen molar-refractivity contribution < 1.29 is 22.4 Å². The van der Waals surface area contributed by atoms with Crippen LogP contribution in [0.2, 0.25) is 0 Å². The minimum atomic E-state index is -3.62. The quantitative estimate of drug-likeness (QED) is 0.616. The second-order valence-corrected chi connectivity index (χ2v) is 10.2. The van der Waals surface area contributed by atoms with Gasteiger partial charge in [-0.3, -0.25) is 9.59 Å². The number of nitrogens with zero attached hydrogens (tertiary/aromatic N) is 1. The van der Waals surface area contributed by atoms with Crippen LogP contribution in [-0.2, 0) is 14.8 Å². The van der Waals surface area contributed by atoms with Crippen LogP contribution in [0.25, 0.3) is 0 Å². The molecular weight excluding hydrogens is 430 g/mol. The van der Waals surface area contributed by atoms with Crippen LogP contribution in [0.15, 0.2) is 33.8 Å². The predicted octanol–water partition coefficient (Wildman–Crippen LogP) is 2.46. The van der Waals surface area contributed by atoms with Gasteiger partial charge in [0, 0.05) is 32.1 Å². The number of nitrogens with one attached hydrogen (secondary N) is 2. The maximum atomic E-state index is 13.4. The van der Waals surface area contributed by atoms with Crippen molar-refractivity contribution in [2.24, 2.45) is 5.92 Å². The summed E-state index contributed by atoms with van der Waals surface area (Å²) < 4.78 is 33.2. The van der Waals surface area contributed by atoms with Crippen molar-refractivity contribution in [3.8, 4) is 0 Å². The average molecular weight is 462 g/mol. The molecule has 1 fully saturated rings. The molecule has 0 unspecified atom stereocenters. The minimum Gasteiger partial charge on any atom is -0.459 e. The molecule has 3 rings (SSSR count). The van der Waals surface area contributed by atoms with E-state index in [0.29, 0.717) is 37.4 Å². The van der Waals surface area contributed by atoms with Crippen LogP contribution < -0.4 is 10.6 Å². The first-order chi connectivity index (χ1) is 15.1. The fourth-order valence-electron chi connectivity index (χ4n) is 4.06. The van der Waals surface area contributed by atoms with E-state index in [0.717, 1.165) is 22.3 Å². The molecule has 2 N–H and O–H groups in total. The summed E-state index contributed by atoms with van der Waals surface area (Å²) in [7, 11) is -3.62. The lowest BCUT2D eigenvalue weighted by molar-refractivity contribution is -0.126. The van der Waals surface area contributed by atoms with Gasteiger partial charge in [-0.2, -0.15) is 4.31 Å². The maximum absolute atomic E-state index is 13.4. The summed E-state index contributed by atoms with van der Waals surface area (Å²) in [6, 6.07) is 5.21. The molecule has 2 amide bonds. The van der Waals surface area contributed by atoms with Crippen molar-refractivity contribution in [2.75, 3.05) is 26.2 Å². The van der Waals surface area contributed by atoms with Crippen molar-refractivity contribution >= 4 is 21.8 Å². The Hall–Kier alpha value is -2.65. The monoisotopic (exact) mass is 461 g/mol. The SMILES string of the molecule is Cc1cc(C)c(C)c(S(=O)(=O)N2CCC(C(=O)NCCNC(=O)c3ccco3)CC2)c1C. The van der Waals surface area contributed by atoms with Crippen molar-refractivity contribution in [3.05, 3.63) is 52.5 Å². The third kappa shape index (κ3) is 5.05. The van der Waals surface area contributed by atoms with Gasteiger partial charge in [-0.25, -0.2) is 8.42 Å². The Morgan fingerprint density at radius 1 is 1.03 bits per heavy atom. The first-order valence-electron chi connectivity index (χ1n) is 10.8. The van der Waals surface area contributed by atoms with E-state index in [1.165, 1.54) is 10.6 Å². The third-order valence-electron chi connectivity index (χ3n) is 6.17. The number of rotatable bonds is 7. The number of carbonyl (C=O) groups is 2. The fraction of sp³-hybridized carbons (Fsp3) is 0.478. The zero-order valence-electron chi connectivity index (χ0n) is 19.0. The summed E-state index contributed by atoms with van der Waals surface area (Å²) in [6.45, 7) is 8.74. The number of hydrogen-bond donors (Lipinski definition) is 2. The molecule has 8 nitrogen and oxygen atoms in total. The number of hydrogen-bond acceptors (Lipinski definition) is 5. The van der Waals surface area contributed by atoms with Crippen LogP contribution in [-0.4, -0.2) is 50.7 Å². The van der Waals surface area contributed by atoms with Crippen LogP contribution in [0.3, 0.4) is 0 Å². The zero-order valence-corrected chi connectivity index (χ0v) is 19.8. The Kier molecular flexibility index (Phi) is 7.40. The van der Waals surface area contributed by atoms with Crippen molar-refractivity contribution in [1.82, 2.24) is 14.9 Å². The van der Waals surface area contributed by atoms with Gasteiger partial charge in [-0.15, -0.1) is 0 Å². The molecule has 1 aromatic carbocycles. The molecule has 9 heteroatoms. The Morgan fingerprint density at radius 3 is 2.19 bits per heavy atom. The zero-order chi connectivity index (χ0) is 23.5. The molecule has 1 aliphatic heterocycles. The van der Waals surface area contributed by atoms with E-state index in [9.17, 15) is 18.0 Å². The van der Waals surface area contributed by atoms with Crippen LogP contribution >= 0.6 is 0 Å². The Balaban J connectivity index is 1.52. The van der Waals surface area contributed by atoms with E-state index in [2.05, 4.69) is 10.6 Å². The summed E-state index contributed by atoms with van der Waals surface area (Å²) in [5.74, 6) is -0.476. The van der Waals surface area contributed by atoms with Gasteiger partial charge < -0.3 is 15.1 Å². The Bertz CT molecular complexity index is 1060. The molecule has 2 aromatic rings. The van der Waals surface area contributed by atoms with Crippen LogP contribution in [0.5, 0.6) is 0 Å². The first-order valence-corrected chi connectivity index (χ1v) is 12.2. The van der Waals surface area contributed by atoms with Gasteiger partial charge in [-0.05, 0) is 74.9 Å². The molecule has 0 bridgehead atoms. The number of carbonyl (C=O) groups excluding carboxylic acids is 2. The minimum absolute atomic E-state index is 0.118. The lowest BCUT2D eigenvalue weighted by atomic mass is 9.97. The standard InChI is InChI=1S/C23H31N3O5S/c1-15-14-16(2)18(4)21(17(15)3)32(29,30)26-11-7-19(8-12-26)22(27)24-9-10-25-23(28)20-6-5-13-31-20/h5-6,13-14,19H,7-12H2,1-4H3,(H,24,27)(H,25,28). The van der Waals surface area contributed by atoms with E-state index in [-0.39, 0.29) is 30.0 Å². The molecule has 1 saturated heterocycles. The number of aryl methyl sites for hydroxylation is 2. The van der Waals surface area contributed by atoms with E-state index in [1.54, 1.807) is 12.1 Å². The van der Waals surface area contributed by atoms with Crippen LogP contribution in [0, 0.1) is 33.6 Å². The highest BCUT2D eigenvalue weighted by Gasteiger charge is 2.34. The molecule has 2 heterocycles. The highest BCUT2D eigenvalue weighted by Crippen LogP contribution is 2.31. The third-order valence-corrected chi connectivity index (χ3v) is 8.35. The van der Waals surface area contributed by atoms with Gasteiger partial charge in [0.1, 0.15) is 0 Å². The molecule has 32 heavy (non-hydrogen) atoms. The summed E-state index contributed by atoms with van der Waals surface area (Å²) in [5, 5.41) is 5.49.